The third-order valence-electron chi connectivity index (χ3n) is 2.94. The third kappa shape index (κ3) is 6.86. The molecule has 1 aromatic rings. The van der Waals surface area contributed by atoms with Crippen molar-refractivity contribution in [2.24, 2.45) is 0 Å². The number of hydrogen-bond acceptors (Lipinski definition) is 5. The Hall–Kier alpha value is -1.82. The third-order valence-corrected chi connectivity index (χ3v) is 4.64. The van der Waals surface area contributed by atoms with E-state index in [2.05, 4.69) is 19.6 Å². The maximum absolute atomic E-state index is 12.1. The number of carbonyl (C=O) groups excluding carboxylic acids is 2. The minimum atomic E-state index is -1.28. The van der Waals surface area contributed by atoms with Gasteiger partial charge in [-0.15, -0.1) is 0 Å². The number of rotatable bonds is 5. The average molecular weight is 338 g/mol. The van der Waals surface area contributed by atoms with Crippen molar-refractivity contribution in [2.75, 3.05) is 6.61 Å². The molecule has 1 aromatic carbocycles. The molecule has 0 radical (unpaired) electrons. The Morgan fingerprint density at radius 3 is 2.26 bits per heavy atom. The summed E-state index contributed by atoms with van der Waals surface area (Å²) in [6, 6.07) is 4.91. The first-order valence-electron chi connectivity index (χ1n) is 7.62. The van der Waals surface area contributed by atoms with Gasteiger partial charge in [-0.1, -0.05) is 19.6 Å². The summed E-state index contributed by atoms with van der Waals surface area (Å²) in [5, 5.41) is 9.82. The molecular weight excluding hydrogens is 312 g/mol. The molecule has 0 saturated heterocycles. The van der Waals surface area contributed by atoms with Gasteiger partial charge in [0.2, 0.25) is 0 Å². The first kappa shape index (κ1) is 19.2. The molecule has 0 amide bonds. The van der Waals surface area contributed by atoms with E-state index in [4.69, 9.17) is 9.47 Å². The molecule has 0 atom stereocenters. The van der Waals surface area contributed by atoms with Crippen molar-refractivity contribution < 1.29 is 24.2 Å². The molecule has 6 heteroatoms. The quantitative estimate of drug-likeness (QED) is 0.652. The van der Waals surface area contributed by atoms with Crippen molar-refractivity contribution in [3.05, 3.63) is 29.3 Å². The van der Waals surface area contributed by atoms with E-state index >= 15 is 0 Å². The summed E-state index contributed by atoms with van der Waals surface area (Å²) in [6.07, 6.45) is 0. The summed E-state index contributed by atoms with van der Waals surface area (Å²) in [5.41, 5.74) is -0.504. The predicted octanol–water partition coefficient (Wildman–Crippen LogP) is 3.84. The lowest BCUT2D eigenvalue weighted by Crippen LogP contribution is -2.24. The first-order valence-corrected chi connectivity index (χ1v) is 11.3. The number of carbonyl (C=O) groups is 2. The van der Waals surface area contributed by atoms with Gasteiger partial charge in [-0.05, 0) is 45.0 Å². The highest BCUT2D eigenvalue weighted by Gasteiger charge is 2.22. The Morgan fingerprint density at radius 2 is 1.74 bits per heavy atom. The molecule has 0 aromatic heterocycles. The van der Waals surface area contributed by atoms with Gasteiger partial charge in [-0.3, -0.25) is 0 Å². The monoisotopic (exact) mass is 338 g/mol. The van der Waals surface area contributed by atoms with Crippen LogP contribution in [0.1, 0.15) is 41.5 Å². The summed E-state index contributed by atoms with van der Waals surface area (Å²) in [4.78, 5) is 24.1. The summed E-state index contributed by atoms with van der Waals surface area (Å²) >= 11 is 0. The van der Waals surface area contributed by atoms with Gasteiger partial charge in [-0.25, -0.2) is 9.59 Å². The van der Waals surface area contributed by atoms with E-state index in [0.717, 1.165) is 6.04 Å². The van der Waals surface area contributed by atoms with Crippen LogP contribution in [0.3, 0.4) is 0 Å². The van der Waals surface area contributed by atoms with Gasteiger partial charge in [0.05, 0.1) is 12.2 Å². The van der Waals surface area contributed by atoms with Crippen molar-refractivity contribution in [1.82, 2.24) is 0 Å². The summed E-state index contributed by atoms with van der Waals surface area (Å²) < 4.78 is 10.5. The number of phenols is 1. The van der Waals surface area contributed by atoms with Crippen LogP contribution in [0.4, 0.5) is 0 Å². The van der Waals surface area contributed by atoms with Crippen molar-refractivity contribution in [3.8, 4) is 5.75 Å². The fourth-order valence-corrected chi connectivity index (χ4v) is 2.41. The lowest BCUT2D eigenvalue weighted by atomic mass is 10.1. The first-order chi connectivity index (χ1) is 10.4. The van der Waals surface area contributed by atoms with Gasteiger partial charge in [0.15, 0.2) is 0 Å². The number of aromatic hydroxyl groups is 1. The fourth-order valence-electron chi connectivity index (χ4n) is 1.69. The molecule has 0 bridgehead atoms. The van der Waals surface area contributed by atoms with E-state index in [-0.39, 0.29) is 16.9 Å². The highest BCUT2D eigenvalue weighted by atomic mass is 28.3. The molecule has 0 heterocycles. The second-order valence-electron chi connectivity index (χ2n) is 7.68. The number of phenolic OH excluding ortho intramolecular Hbond substituents is 1. The Labute approximate surface area is 138 Å². The van der Waals surface area contributed by atoms with E-state index < -0.39 is 25.6 Å². The summed E-state index contributed by atoms with van der Waals surface area (Å²) in [6.45, 7) is 12.1. The second-order valence-corrected chi connectivity index (χ2v) is 13.3. The molecular formula is C17H26O5Si. The van der Waals surface area contributed by atoms with Crippen LogP contribution in [-0.4, -0.2) is 37.3 Å². The molecule has 0 aliphatic carbocycles. The molecule has 0 fully saturated rings. The van der Waals surface area contributed by atoms with Crippen LogP contribution in [0.5, 0.6) is 5.75 Å². The Balaban J connectivity index is 2.84. The minimum Gasteiger partial charge on any atom is -0.507 e. The topological polar surface area (TPSA) is 72.8 Å². The van der Waals surface area contributed by atoms with E-state index in [1.165, 1.54) is 18.2 Å². The molecule has 23 heavy (non-hydrogen) atoms. The zero-order valence-corrected chi connectivity index (χ0v) is 15.7. The van der Waals surface area contributed by atoms with Crippen LogP contribution in [0, 0.1) is 0 Å². The van der Waals surface area contributed by atoms with Crippen LogP contribution in [0.25, 0.3) is 0 Å². The molecule has 1 N–H and O–H groups in total. The molecule has 0 aliphatic rings. The van der Waals surface area contributed by atoms with E-state index in [1.54, 1.807) is 20.8 Å². The smallest absolute Gasteiger partial charge is 0.342 e. The molecule has 0 aliphatic heterocycles. The van der Waals surface area contributed by atoms with Gasteiger partial charge in [0, 0.05) is 8.07 Å². The average Bonchev–Trinajstić information content (AvgIpc) is 2.35. The van der Waals surface area contributed by atoms with Crippen LogP contribution < -0.4 is 0 Å². The Kier molecular flexibility index (Phi) is 5.99. The molecule has 0 spiro atoms. The predicted molar refractivity (Wildman–Crippen MR) is 91.7 cm³/mol. The van der Waals surface area contributed by atoms with Gasteiger partial charge >= 0.3 is 11.9 Å². The van der Waals surface area contributed by atoms with Crippen LogP contribution in [0.15, 0.2) is 18.2 Å². The van der Waals surface area contributed by atoms with Crippen LogP contribution >= 0.6 is 0 Å². The van der Waals surface area contributed by atoms with E-state index in [9.17, 15) is 14.7 Å². The zero-order valence-electron chi connectivity index (χ0n) is 14.7. The largest absolute Gasteiger partial charge is 0.507 e. The number of hydrogen-bond donors (Lipinski definition) is 1. The van der Waals surface area contributed by atoms with Gasteiger partial charge in [-0.2, -0.15) is 0 Å². The highest BCUT2D eigenvalue weighted by Crippen LogP contribution is 2.22. The molecule has 1 rings (SSSR count). The maximum Gasteiger partial charge on any atom is 0.342 e. The maximum atomic E-state index is 12.1. The van der Waals surface area contributed by atoms with Crippen molar-refractivity contribution >= 4 is 20.0 Å². The van der Waals surface area contributed by atoms with Crippen LogP contribution in [-0.2, 0) is 9.47 Å². The standard InChI is InChI=1S/C17H26O5Si/c1-17(2,3)22-16(20)13-11-12(7-8-14(13)18)15(19)21-9-10-23(4,5)6/h7-8,11,18H,9-10H2,1-6H3. The summed E-state index contributed by atoms with van der Waals surface area (Å²) in [5.74, 6) is -1.40. The summed E-state index contributed by atoms with van der Waals surface area (Å²) in [7, 11) is -1.28. The number of benzene rings is 1. The zero-order chi connectivity index (χ0) is 17.8. The lowest BCUT2D eigenvalue weighted by molar-refractivity contribution is 0.00668. The lowest BCUT2D eigenvalue weighted by Gasteiger charge is -2.20. The van der Waals surface area contributed by atoms with Crippen molar-refractivity contribution in [1.29, 1.82) is 0 Å². The molecule has 128 valence electrons. The highest BCUT2D eigenvalue weighted by molar-refractivity contribution is 6.76. The van der Waals surface area contributed by atoms with E-state index in [1.807, 2.05) is 0 Å². The van der Waals surface area contributed by atoms with Crippen molar-refractivity contribution in [2.45, 2.75) is 52.1 Å². The Morgan fingerprint density at radius 1 is 1.13 bits per heavy atom. The minimum absolute atomic E-state index is 0.0421. The van der Waals surface area contributed by atoms with E-state index in [0.29, 0.717) is 6.61 Å². The van der Waals surface area contributed by atoms with Gasteiger partial charge in [0.1, 0.15) is 16.9 Å². The number of esters is 2. The second kappa shape index (κ2) is 7.17. The molecule has 0 saturated carbocycles. The fraction of sp³-hybridized carbons (Fsp3) is 0.529. The Bertz CT molecular complexity index is 582. The molecule has 0 unspecified atom stereocenters. The number of ether oxygens (including phenoxy) is 2. The SMILES string of the molecule is CC(C)(C)OC(=O)c1cc(C(=O)OCC[Si](C)(C)C)ccc1O. The van der Waals surface area contributed by atoms with Crippen LogP contribution in [0.2, 0.25) is 25.7 Å². The molecule has 5 nitrogen and oxygen atoms in total. The van der Waals surface area contributed by atoms with Gasteiger partial charge < -0.3 is 14.6 Å². The van der Waals surface area contributed by atoms with Gasteiger partial charge in [0.25, 0.3) is 0 Å². The van der Waals surface area contributed by atoms with Crippen molar-refractivity contribution in [3.63, 3.8) is 0 Å². The normalized spacial score (nSPS) is 11.9.